The van der Waals surface area contributed by atoms with Crippen molar-refractivity contribution in [2.75, 3.05) is 0 Å². The van der Waals surface area contributed by atoms with E-state index in [4.69, 9.17) is 0 Å². The van der Waals surface area contributed by atoms with Gasteiger partial charge in [0, 0.05) is 0 Å². The van der Waals surface area contributed by atoms with E-state index in [-0.39, 0.29) is 58.6 Å². The third kappa shape index (κ3) is 5.15. The smallest absolute Gasteiger partial charge is 1.00 e. The standard InChI is InChI=1S/2C13H10NO.2ClH.Ti/c2*15-12-8-4-2-6-10(12)13-9-5-1-3-7-11(9)14-13;;;/h2*1-8,13,15H;2*1H;/q2*-1;;;+4/p-2. The number of nitrogens with zero attached hydrogens (tertiary/aromatic N) is 2. The fourth-order valence-electron chi connectivity index (χ4n) is 3.87. The number of aromatic hydroxyl groups is 2. The Morgan fingerprint density at radius 2 is 0.758 bits per heavy atom. The van der Waals surface area contributed by atoms with Crippen molar-refractivity contribution in [1.29, 1.82) is 0 Å². The summed E-state index contributed by atoms with van der Waals surface area (Å²) in [6.07, 6.45) is 0. The molecule has 2 aliphatic rings. The minimum Gasteiger partial charge on any atom is -1.00 e. The summed E-state index contributed by atoms with van der Waals surface area (Å²) in [4.78, 5) is 0. The molecule has 7 heteroatoms. The minimum atomic E-state index is 0. The van der Waals surface area contributed by atoms with Crippen LogP contribution in [-0.4, -0.2) is 10.2 Å². The average molecular weight is 511 g/mol. The van der Waals surface area contributed by atoms with Gasteiger partial charge in [0.1, 0.15) is 11.5 Å². The van der Waals surface area contributed by atoms with Crippen LogP contribution in [0.2, 0.25) is 0 Å². The van der Waals surface area contributed by atoms with Crippen LogP contribution in [0.15, 0.2) is 97.1 Å². The predicted octanol–water partition coefficient (Wildman–Crippen LogP) is 1.01. The Kier molecular flexibility index (Phi) is 9.27. The van der Waals surface area contributed by atoms with Gasteiger partial charge in [-0.05, 0) is 23.3 Å². The Morgan fingerprint density at radius 1 is 0.455 bits per heavy atom. The molecule has 6 rings (SSSR count). The number of rotatable bonds is 2. The van der Waals surface area contributed by atoms with E-state index in [1.165, 1.54) is 11.1 Å². The van der Waals surface area contributed by atoms with Crippen LogP contribution in [0.3, 0.4) is 0 Å². The van der Waals surface area contributed by atoms with Crippen molar-refractivity contribution >= 4 is 11.4 Å². The van der Waals surface area contributed by atoms with Crippen molar-refractivity contribution in [2.24, 2.45) is 0 Å². The van der Waals surface area contributed by atoms with Crippen LogP contribution in [0.5, 0.6) is 11.5 Å². The van der Waals surface area contributed by atoms with Crippen LogP contribution < -0.4 is 24.8 Å². The summed E-state index contributed by atoms with van der Waals surface area (Å²) in [5.74, 6) is 0.640. The second kappa shape index (κ2) is 11.5. The van der Waals surface area contributed by atoms with Crippen LogP contribution in [0.4, 0.5) is 11.4 Å². The van der Waals surface area contributed by atoms with Crippen molar-refractivity contribution in [2.45, 2.75) is 12.1 Å². The molecule has 0 saturated carbocycles. The van der Waals surface area contributed by atoms with Gasteiger partial charge in [0.05, 0.1) is 0 Å². The Balaban J connectivity index is 0.000000214. The summed E-state index contributed by atoms with van der Waals surface area (Å²) < 4.78 is 0. The SMILES string of the molecule is Oc1ccccc1C1[N-]c2ccccc21.Oc1ccccc1C1[N-]c2ccccc21.[Cl-].[Cl-].[Ti+4]. The van der Waals surface area contributed by atoms with Crippen molar-refractivity contribution in [1.82, 2.24) is 0 Å². The molecular formula is C26H20Cl2N2O2Ti. The first-order valence-corrected chi connectivity index (χ1v) is 9.87. The number of phenols is 2. The number of phenolic OH excluding ortho intramolecular Hbond substituents is 2. The summed E-state index contributed by atoms with van der Waals surface area (Å²) in [6, 6.07) is 30.8. The van der Waals surface area contributed by atoms with Crippen LogP contribution in [0.1, 0.15) is 34.3 Å². The molecule has 0 spiro atoms. The molecule has 2 aliphatic heterocycles. The normalized spacial score (nSPS) is 15.9. The van der Waals surface area contributed by atoms with Crippen LogP contribution in [0.25, 0.3) is 10.6 Å². The maximum absolute atomic E-state index is 9.71. The summed E-state index contributed by atoms with van der Waals surface area (Å²) in [7, 11) is 0. The van der Waals surface area contributed by atoms with E-state index in [9.17, 15) is 10.2 Å². The van der Waals surface area contributed by atoms with Gasteiger partial charge < -0.3 is 45.7 Å². The van der Waals surface area contributed by atoms with Gasteiger partial charge >= 0.3 is 21.7 Å². The molecule has 0 aromatic heterocycles. The number of halogens is 2. The van der Waals surface area contributed by atoms with E-state index in [0.29, 0.717) is 11.5 Å². The van der Waals surface area contributed by atoms with Crippen molar-refractivity contribution in [3.8, 4) is 11.5 Å². The van der Waals surface area contributed by atoms with E-state index in [1.807, 2.05) is 72.8 Å². The zero-order valence-electron chi connectivity index (χ0n) is 17.4. The van der Waals surface area contributed by atoms with Crippen molar-refractivity contribution in [3.05, 3.63) is 130 Å². The zero-order chi connectivity index (χ0) is 20.5. The van der Waals surface area contributed by atoms with Gasteiger partial charge in [-0.1, -0.05) is 108 Å². The first-order chi connectivity index (χ1) is 14.7. The van der Waals surface area contributed by atoms with E-state index >= 15 is 0 Å². The summed E-state index contributed by atoms with van der Waals surface area (Å²) in [5.41, 5.74) is 6.22. The Labute approximate surface area is 220 Å². The Hall–Kier alpha value is -2.63. The monoisotopic (exact) mass is 510 g/mol. The average Bonchev–Trinajstić information content (AvgIpc) is 2.73. The molecule has 4 aromatic rings. The molecule has 0 saturated heterocycles. The number of fused-ring (bicyclic) bond motifs is 2. The molecule has 2 heterocycles. The fraction of sp³-hybridized carbons (Fsp3) is 0.0769. The van der Waals surface area contributed by atoms with Gasteiger partial charge in [0.2, 0.25) is 0 Å². The molecule has 2 N–H and O–H groups in total. The third-order valence-electron chi connectivity index (χ3n) is 5.46. The number of para-hydroxylation sites is 4. The number of hydrogen-bond acceptors (Lipinski definition) is 2. The summed E-state index contributed by atoms with van der Waals surface area (Å²) in [6.45, 7) is 0. The molecule has 2 unspecified atom stereocenters. The second-order valence-corrected chi connectivity index (χ2v) is 7.30. The Bertz CT molecular complexity index is 1130. The molecule has 4 nitrogen and oxygen atoms in total. The predicted molar refractivity (Wildman–Crippen MR) is 119 cm³/mol. The first-order valence-electron chi connectivity index (χ1n) is 9.87. The van der Waals surface area contributed by atoms with Gasteiger partial charge in [0.25, 0.3) is 0 Å². The zero-order valence-corrected chi connectivity index (χ0v) is 20.5. The molecule has 164 valence electrons. The minimum absolute atomic E-state index is 0. The van der Waals surface area contributed by atoms with E-state index < -0.39 is 0 Å². The van der Waals surface area contributed by atoms with Gasteiger partial charge in [-0.3, -0.25) is 0 Å². The molecule has 33 heavy (non-hydrogen) atoms. The number of hydrogen-bond donors (Lipinski definition) is 2. The largest absolute Gasteiger partial charge is 4.00 e. The fourth-order valence-corrected chi connectivity index (χ4v) is 3.87. The van der Waals surface area contributed by atoms with Gasteiger partial charge in [-0.2, -0.15) is 0 Å². The first kappa shape index (κ1) is 26.6. The summed E-state index contributed by atoms with van der Waals surface area (Å²) in [5, 5.41) is 28.3. The molecule has 0 amide bonds. The van der Waals surface area contributed by atoms with Crippen molar-refractivity contribution < 1.29 is 56.7 Å². The summed E-state index contributed by atoms with van der Waals surface area (Å²) >= 11 is 0. The van der Waals surface area contributed by atoms with Crippen LogP contribution in [0, 0.1) is 0 Å². The molecule has 2 atom stereocenters. The molecule has 0 bridgehead atoms. The molecule has 0 radical (unpaired) electrons. The quantitative estimate of drug-likeness (QED) is 0.395. The number of benzene rings is 4. The Morgan fingerprint density at radius 3 is 1.09 bits per heavy atom. The molecule has 0 fully saturated rings. The molecular weight excluding hydrogens is 491 g/mol. The van der Waals surface area contributed by atoms with Gasteiger partial charge in [0.15, 0.2) is 0 Å². The van der Waals surface area contributed by atoms with Crippen molar-refractivity contribution in [3.63, 3.8) is 0 Å². The topological polar surface area (TPSA) is 68.7 Å². The molecule has 0 aliphatic carbocycles. The van der Waals surface area contributed by atoms with E-state index in [0.717, 1.165) is 22.5 Å². The van der Waals surface area contributed by atoms with Crippen LogP contribution >= 0.6 is 0 Å². The third-order valence-corrected chi connectivity index (χ3v) is 5.46. The molecule has 4 aromatic carbocycles. The maximum atomic E-state index is 9.71. The second-order valence-electron chi connectivity index (χ2n) is 7.30. The van der Waals surface area contributed by atoms with E-state index in [2.05, 4.69) is 22.8 Å². The maximum Gasteiger partial charge on any atom is 4.00 e. The van der Waals surface area contributed by atoms with Gasteiger partial charge in [-0.15, -0.1) is 11.4 Å². The van der Waals surface area contributed by atoms with E-state index in [1.54, 1.807) is 12.1 Å². The van der Waals surface area contributed by atoms with Gasteiger partial charge in [-0.25, -0.2) is 0 Å². The van der Waals surface area contributed by atoms with Crippen LogP contribution in [-0.2, 0) is 21.7 Å².